The van der Waals surface area contributed by atoms with Gasteiger partial charge >= 0.3 is 0 Å². The Labute approximate surface area is 167 Å². The topological polar surface area (TPSA) is 120 Å². The Bertz CT molecular complexity index is 983. The van der Waals surface area contributed by atoms with Crippen LogP contribution in [0.25, 0.3) is 0 Å². The second-order valence-electron chi connectivity index (χ2n) is 6.96. The van der Waals surface area contributed by atoms with Gasteiger partial charge in [0.1, 0.15) is 5.60 Å². The lowest BCUT2D eigenvalue weighted by atomic mass is 9.90. The molecule has 3 aromatic rings. The van der Waals surface area contributed by atoms with Gasteiger partial charge in [-0.15, -0.1) is 0 Å². The van der Waals surface area contributed by atoms with E-state index in [0.29, 0.717) is 44.1 Å². The van der Waals surface area contributed by atoms with Crippen LogP contribution in [0.2, 0.25) is 0 Å². The molecule has 0 radical (unpaired) electrons. The molecular weight excluding hydrogens is 372 g/mol. The van der Waals surface area contributed by atoms with E-state index >= 15 is 0 Å². The molecule has 1 saturated heterocycles. The number of anilines is 1. The summed E-state index contributed by atoms with van der Waals surface area (Å²) in [4.78, 5) is 27.0. The number of nitrogens with zero attached hydrogens (tertiary/aromatic N) is 5. The van der Waals surface area contributed by atoms with E-state index in [1.54, 1.807) is 12.0 Å². The van der Waals surface area contributed by atoms with Crippen LogP contribution in [0.4, 0.5) is 5.82 Å². The van der Waals surface area contributed by atoms with Crippen molar-refractivity contribution in [2.45, 2.75) is 24.9 Å². The normalized spacial score (nSPS) is 16.0. The van der Waals surface area contributed by atoms with Gasteiger partial charge in [0.05, 0.1) is 0 Å². The molecule has 2 N–H and O–H groups in total. The number of rotatable bonds is 5. The van der Waals surface area contributed by atoms with Crippen molar-refractivity contribution >= 4 is 11.7 Å². The first-order valence-electron chi connectivity index (χ1n) is 9.39. The summed E-state index contributed by atoms with van der Waals surface area (Å²) in [7, 11) is 1.62. The van der Waals surface area contributed by atoms with Gasteiger partial charge in [0, 0.05) is 51.9 Å². The minimum absolute atomic E-state index is 0.128. The summed E-state index contributed by atoms with van der Waals surface area (Å²) >= 11 is 0. The van der Waals surface area contributed by atoms with Crippen molar-refractivity contribution in [1.82, 2.24) is 25.0 Å². The number of hydrogen-bond acceptors (Lipinski definition) is 8. The molecule has 1 aliphatic rings. The lowest BCUT2D eigenvalue weighted by Gasteiger charge is -2.38. The minimum Gasteiger partial charge on any atom is -0.382 e. The summed E-state index contributed by atoms with van der Waals surface area (Å²) in [5.74, 6) is 0.935. The molecule has 0 atom stereocenters. The fourth-order valence-corrected chi connectivity index (χ4v) is 3.53. The number of aromatic nitrogens is 4. The molecule has 1 amide bonds. The van der Waals surface area contributed by atoms with Gasteiger partial charge in [-0.1, -0.05) is 35.5 Å². The van der Waals surface area contributed by atoms with Gasteiger partial charge in [0.2, 0.25) is 0 Å². The molecule has 150 valence electrons. The average Bonchev–Trinajstić information content (AvgIpc) is 3.23. The number of carbonyl (C=O) groups is 1. The quantitative estimate of drug-likeness (QED) is 0.696. The highest BCUT2D eigenvalue weighted by atomic mass is 16.5. The molecule has 3 heterocycles. The van der Waals surface area contributed by atoms with Crippen LogP contribution < -0.4 is 5.73 Å². The van der Waals surface area contributed by atoms with Gasteiger partial charge < -0.3 is 19.9 Å². The third kappa shape index (κ3) is 3.81. The van der Waals surface area contributed by atoms with Gasteiger partial charge in [-0.3, -0.25) is 4.79 Å². The molecule has 1 aromatic carbocycles. The first kappa shape index (κ1) is 19.0. The van der Waals surface area contributed by atoms with Crippen molar-refractivity contribution in [3.8, 4) is 0 Å². The smallest absolute Gasteiger partial charge is 0.276 e. The van der Waals surface area contributed by atoms with Crippen molar-refractivity contribution in [3.63, 3.8) is 0 Å². The number of nitrogen functional groups attached to an aromatic ring is 1. The lowest BCUT2D eigenvalue weighted by Crippen LogP contribution is -2.46. The van der Waals surface area contributed by atoms with E-state index < -0.39 is 5.60 Å². The van der Waals surface area contributed by atoms with E-state index in [-0.39, 0.29) is 17.4 Å². The van der Waals surface area contributed by atoms with Crippen LogP contribution in [0, 0.1) is 0 Å². The number of piperidine rings is 1. The van der Waals surface area contributed by atoms with Crippen molar-refractivity contribution in [2.75, 3.05) is 25.9 Å². The van der Waals surface area contributed by atoms with E-state index in [2.05, 4.69) is 20.1 Å². The molecule has 1 aliphatic heterocycles. The summed E-state index contributed by atoms with van der Waals surface area (Å²) in [6.07, 6.45) is 4.56. The first-order chi connectivity index (χ1) is 14.1. The van der Waals surface area contributed by atoms with Crippen LogP contribution in [0.3, 0.4) is 0 Å². The molecule has 4 rings (SSSR count). The van der Waals surface area contributed by atoms with Crippen LogP contribution in [0.15, 0.2) is 47.2 Å². The number of likely N-dealkylation sites (tertiary alicyclic amines) is 1. The van der Waals surface area contributed by atoms with Gasteiger partial charge in [0.25, 0.3) is 11.8 Å². The molecule has 1 fully saturated rings. The van der Waals surface area contributed by atoms with Gasteiger partial charge in [-0.2, -0.15) is 4.98 Å². The highest BCUT2D eigenvalue weighted by molar-refractivity contribution is 5.96. The third-order valence-electron chi connectivity index (χ3n) is 5.24. The Morgan fingerprint density at radius 2 is 1.93 bits per heavy atom. The molecule has 0 spiro atoms. The molecule has 9 heteroatoms. The second-order valence-corrected chi connectivity index (χ2v) is 6.96. The van der Waals surface area contributed by atoms with Crippen molar-refractivity contribution in [2.24, 2.45) is 0 Å². The summed E-state index contributed by atoms with van der Waals surface area (Å²) < 4.78 is 11.3. The Morgan fingerprint density at radius 1 is 1.21 bits per heavy atom. The standard InChI is InChI=1S/C20H22N6O3/c1-28-20(19-24-15(25-29-19)13-14-5-3-2-4-6-14)7-11-26(12-8-20)18(27)16-17(21)23-10-9-22-16/h2-6,9-10H,7-8,11-13H2,1H3,(H2,21,23). The molecule has 0 aliphatic carbocycles. The summed E-state index contributed by atoms with van der Waals surface area (Å²) in [5, 5.41) is 4.11. The van der Waals surface area contributed by atoms with Crippen molar-refractivity contribution in [3.05, 3.63) is 65.7 Å². The summed E-state index contributed by atoms with van der Waals surface area (Å²) in [6, 6.07) is 9.96. The van der Waals surface area contributed by atoms with Gasteiger partial charge in [0.15, 0.2) is 17.3 Å². The number of carbonyl (C=O) groups excluding carboxylic acids is 1. The van der Waals surface area contributed by atoms with Crippen molar-refractivity contribution < 1.29 is 14.1 Å². The maximum atomic E-state index is 12.7. The van der Waals surface area contributed by atoms with E-state index in [9.17, 15) is 4.79 Å². The Morgan fingerprint density at radius 3 is 2.62 bits per heavy atom. The Balaban J connectivity index is 1.46. The third-order valence-corrected chi connectivity index (χ3v) is 5.24. The van der Waals surface area contributed by atoms with E-state index in [0.717, 1.165) is 5.56 Å². The fourth-order valence-electron chi connectivity index (χ4n) is 3.53. The van der Waals surface area contributed by atoms with Crippen LogP contribution >= 0.6 is 0 Å². The lowest BCUT2D eigenvalue weighted by molar-refractivity contribution is -0.0779. The van der Waals surface area contributed by atoms with Crippen LogP contribution in [-0.4, -0.2) is 51.1 Å². The fraction of sp³-hybridized carbons (Fsp3) is 0.350. The predicted molar refractivity (Wildman–Crippen MR) is 104 cm³/mol. The maximum absolute atomic E-state index is 12.7. The molecule has 29 heavy (non-hydrogen) atoms. The minimum atomic E-state index is -0.716. The van der Waals surface area contributed by atoms with Gasteiger partial charge in [-0.25, -0.2) is 9.97 Å². The highest BCUT2D eigenvalue weighted by Crippen LogP contribution is 2.35. The summed E-state index contributed by atoms with van der Waals surface area (Å²) in [5.41, 5.74) is 6.34. The highest BCUT2D eigenvalue weighted by Gasteiger charge is 2.42. The van der Waals surface area contributed by atoms with Gasteiger partial charge in [-0.05, 0) is 5.56 Å². The largest absolute Gasteiger partial charge is 0.382 e. The SMILES string of the molecule is COC1(c2nc(Cc3ccccc3)no2)CCN(C(=O)c2nccnc2N)CC1. The summed E-state index contributed by atoms with van der Waals surface area (Å²) in [6.45, 7) is 0.915. The number of benzene rings is 1. The Hall–Kier alpha value is -3.33. The number of hydrogen-bond donors (Lipinski definition) is 1. The maximum Gasteiger partial charge on any atom is 0.276 e. The second kappa shape index (κ2) is 7.96. The van der Waals surface area contributed by atoms with E-state index in [4.69, 9.17) is 15.0 Å². The molecule has 9 nitrogen and oxygen atoms in total. The number of ether oxygens (including phenoxy) is 1. The molecular formula is C20H22N6O3. The molecule has 0 bridgehead atoms. The molecule has 0 unspecified atom stereocenters. The van der Waals surface area contributed by atoms with Crippen LogP contribution in [-0.2, 0) is 16.8 Å². The molecule has 2 aromatic heterocycles. The monoisotopic (exact) mass is 394 g/mol. The zero-order valence-electron chi connectivity index (χ0n) is 16.1. The van der Waals surface area contributed by atoms with E-state index in [1.807, 2.05) is 30.3 Å². The zero-order valence-corrected chi connectivity index (χ0v) is 16.1. The number of nitrogens with two attached hydrogens (primary N) is 1. The van der Waals surface area contributed by atoms with Crippen LogP contribution in [0.1, 0.15) is 40.6 Å². The number of amides is 1. The average molecular weight is 394 g/mol. The predicted octanol–water partition coefficient (Wildman–Crippen LogP) is 1.81. The molecule has 0 saturated carbocycles. The Kier molecular flexibility index (Phi) is 5.22. The number of methoxy groups -OCH3 is 1. The van der Waals surface area contributed by atoms with E-state index in [1.165, 1.54) is 12.4 Å². The van der Waals surface area contributed by atoms with Crippen molar-refractivity contribution in [1.29, 1.82) is 0 Å². The van der Waals surface area contributed by atoms with Crippen LogP contribution in [0.5, 0.6) is 0 Å². The first-order valence-corrected chi connectivity index (χ1v) is 9.39. The zero-order chi connectivity index (χ0) is 20.3.